The standard InChI is InChI=1S/C16H26O4S/c1-7-16(12(17)20-13(2,3)4)8-15(11-21-16)9-18-14(5,6)19-10-15/h7H,1,8-11H2,2-6H3. The van der Waals surface area contributed by atoms with Gasteiger partial charge in [-0.1, -0.05) is 6.08 Å². The number of hydrogen-bond donors (Lipinski definition) is 0. The van der Waals surface area contributed by atoms with Gasteiger partial charge >= 0.3 is 5.97 Å². The molecule has 2 aliphatic rings. The van der Waals surface area contributed by atoms with Gasteiger partial charge in [-0.2, -0.15) is 0 Å². The highest BCUT2D eigenvalue weighted by Gasteiger charge is 2.55. The van der Waals surface area contributed by atoms with Crippen molar-refractivity contribution in [1.82, 2.24) is 0 Å². The van der Waals surface area contributed by atoms with Crippen molar-refractivity contribution in [2.75, 3.05) is 19.0 Å². The molecule has 2 fully saturated rings. The fraction of sp³-hybridized carbons (Fsp3) is 0.812. The molecular formula is C16H26O4S. The maximum absolute atomic E-state index is 12.6. The van der Waals surface area contributed by atoms with Crippen LogP contribution in [0.1, 0.15) is 41.0 Å². The van der Waals surface area contributed by atoms with E-state index in [1.807, 2.05) is 34.6 Å². The largest absolute Gasteiger partial charge is 0.459 e. The van der Waals surface area contributed by atoms with Gasteiger partial charge in [0.2, 0.25) is 0 Å². The summed E-state index contributed by atoms with van der Waals surface area (Å²) in [7, 11) is 0. The zero-order valence-corrected chi connectivity index (χ0v) is 14.5. The first-order valence-electron chi connectivity index (χ1n) is 7.31. The highest BCUT2D eigenvalue weighted by atomic mass is 32.2. The molecule has 0 amide bonds. The summed E-state index contributed by atoms with van der Waals surface area (Å²) in [6, 6.07) is 0. The lowest BCUT2D eigenvalue weighted by Gasteiger charge is -2.41. The van der Waals surface area contributed by atoms with Gasteiger partial charge in [-0.3, -0.25) is 4.79 Å². The number of carbonyl (C=O) groups excluding carboxylic acids is 1. The van der Waals surface area contributed by atoms with Gasteiger partial charge in [0.25, 0.3) is 0 Å². The number of thioether (sulfide) groups is 1. The highest BCUT2D eigenvalue weighted by molar-refractivity contribution is 8.01. The molecule has 120 valence electrons. The summed E-state index contributed by atoms with van der Waals surface area (Å²) in [5, 5.41) is 0. The molecule has 0 aromatic heterocycles. The Labute approximate surface area is 131 Å². The second kappa shape index (κ2) is 5.28. The van der Waals surface area contributed by atoms with Crippen molar-refractivity contribution in [3.05, 3.63) is 12.7 Å². The maximum atomic E-state index is 12.6. The van der Waals surface area contributed by atoms with E-state index in [0.717, 1.165) is 5.75 Å². The fourth-order valence-corrected chi connectivity index (χ4v) is 4.09. The zero-order chi connectivity index (χ0) is 15.9. The van der Waals surface area contributed by atoms with Crippen LogP contribution in [0.25, 0.3) is 0 Å². The molecule has 2 heterocycles. The Bertz CT molecular complexity index is 428. The smallest absolute Gasteiger partial charge is 0.326 e. The second-order valence-corrected chi connectivity index (χ2v) is 8.84. The van der Waals surface area contributed by atoms with E-state index < -0.39 is 16.1 Å². The summed E-state index contributed by atoms with van der Waals surface area (Å²) in [5.74, 6) is 0.0620. The summed E-state index contributed by atoms with van der Waals surface area (Å²) in [6.45, 7) is 14.5. The fourth-order valence-electron chi connectivity index (χ4n) is 2.57. The first-order valence-corrected chi connectivity index (χ1v) is 8.29. The molecule has 2 aliphatic heterocycles. The number of esters is 1. The van der Waals surface area contributed by atoms with Crippen LogP contribution in [0.15, 0.2) is 12.7 Å². The van der Waals surface area contributed by atoms with Crippen LogP contribution in [0.2, 0.25) is 0 Å². The van der Waals surface area contributed by atoms with E-state index in [9.17, 15) is 4.79 Å². The Kier molecular flexibility index (Phi) is 4.24. The molecule has 21 heavy (non-hydrogen) atoms. The van der Waals surface area contributed by atoms with Crippen LogP contribution < -0.4 is 0 Å². The van der Waals surface area contributed by atoms with Gasteiger partial charge in [-0.05, 0) is 41.0 Å². The monoisotopic (exact) mass is 314 g/mol. The van der Waals surface area contributed by atoms with Gasteiger partial charge in [-0.15, -0.1) is 18.3 Å². The Morgan fingerprint density at radius 3 is 2.33 bits per heavy atom. The molecule has 1 atom stereocenters. The predicted octanol–water partition coefficient (Wildman–Crippen LogP) is 3.16. The van der Waals surface area contributed by atoms with E-state index in [0.29, 0.717) is 19.6 Å². The average molecular weight is 314 g/mol. The van der Waals surface area contributed by atoms with Crippen LogP contribution in [0.4, 0.5) is 0 Å². The van der Waals surface area contributed by atoms with E-state index in [1.54, 1.807) is 17.8 Å². The summed E-state index contributed by atoms with van der Waals surface area (Å²) < 4.78 is 16.5. The molecule has 0 bridgehead atoms. The Morgan fingerprint density at radius 2 is 1.86 bits per heavy atom. The first-order chi connectivity index (χ1) is 9.52. The SMILES string of the molecule is C=CC1(C(=O)OC(C)(C)C)CC2(COC(C)(C)OC2)CS1. The summed E-state index contributed by atoms with van der Waals surface area (Å²) in [5.41, 5.74) is -0.629. The Morgan fingerprint density at radius 1 is 1.29 bits per heavy atom. The van der Waals surface area contributed by atoms with Gasteiger partial charge in [0, 0.05) is 11.2 Å². The number of ether oxygens (including phenoxy) is 3. The lowest BCUT2D eigenvalue weighted by Crippen LogP contribution is -2.48. The molecule has 1 unspecified atom stereocenters. The Balaban J connectivity index is 2.11. The topological polar surface area (TPSA) is 44.8 Å². The van der Waals surface area contributed by atoms with Gasteiger partial charge in [-0.25, -0.2) is 0 Å². The molecule has 2 rings (SSSR count). The lowest BCUT2D eigenvalue weighted by molar-refractivity contribution is -0.281. The van der Waals surface area contributed by atoms with E-state index in [1.165, 1.54) is 0 Å². The normalized spacial score (nSPS) is 31.1. The van der Waals surface area contributed by atoms with Crippen molar-refractivity contribution in [2.45, 2.75) is 57.2 Å². The van der Waals surface area contributed by atoms with E-state index in [2.05, 4.69) is 6.58 Å². The third-order valence-corrected chi connectivity index (χ3v) is 5.55. The van der Waals surface area contributed by atoms with Gasteiger partial charge < -0.3 is 14.2 Å². The number of rotatable bonds is 2. The van der Waals surface area contributed by atoms with Crippen molar-refractivity contribution < 1.29 is 19.0 Å². The summed E-state index contributed by atoms with van der Waals surface area (Å²) in [6.07, 6.45) is 2.37. The lowest BCUT2D eigenvalue weighted by atomic mass is 9.81. The Hall–Kier alpha value is -0.520. The molecule has 0 aromatic carbocycles. The van der Waals surface area contributed by atoms with Crippen LogP contribution in [-0.2, 0) is 19.0 Å². The number of hydrogen-bond acceptors (Lipinski definition) is 5. The van der Waals surface area contributed by atoms with Crippen molar-refractivity contribution in [2.24, 2.45) is 5.41 Å². The molecule has 0 aliphatic carbocycles. The van der Waals surface area contributed by atoms with E-state index in [4.69, 9.17) is 14.2 Å². The molecule has 0 saturated carbocycles. The molecule has 2 saturated heterocycles. The molecule has 5 heteroatoms. The molecule has 0 radical (unpaired) electrons. The van der Waals surface area contributed by atoms with Crippen molar-refractivity contribution >= 4 is 17.7 Å². The summed E-state index contributed by atoms with van der Waals surface area (Å²) >= 11 is 1.59. The number of carbonyl (C=O) groups is 1. The van der Waals surface area contributed by atoms with Gasteiger partial charge in [0.15, 0.2) is 5.79 Å². The minimum absolute atomic E-state index is 0.134. The molecule has 0 N–H and O–H groups in total. The first kappa shape index (κ1) is 16.8. The van der Waals surface area contributed by atoms with Gasteiger partial charge in [0.1, 0.15) is 10.3 Å². The van der Waals surface area contributed by atoms with Crippen molar-refractivity contribution in [3.63, 3.8) is 0 Å². The molecule has 1 spiro atoms. The van der Waals surface area contributed by atoms with Crippen LogP contribution >= 0.6 is 11.8 Å². The van der Waals surface area contributed by atoms with Crippen LogP contribution in [-0.4, -0.2) is 41.1 Å². The maximum Gasteiger partial charge on any atom is 0.326 e. The van der Waals surface area contributed by atoms with Crippen LogP contribution in [0.5, 0.6) is 0 Å². The van der Waals surface area contributed by atoms with Crippen LogP contribution in [0, 0.1) is 5.41 Å². The molecule has 0 aromatic rings. The zero-order valence-electron chi connectivity index (χ0n) is 13.7. The van der Waals surface area contributed by atoms with Crippen LogP contribution in [0.3, 0.4) is 0 Å². The predicted molar refractivity (Wildman–Crippen MR) is 84.3 cm³/mol. The minimum Gasteiger partial charge on any atom is -0.459 e. The quantitative estimate of drug-likeness (QED) is 0.579. The minimum atomic E-state index is -0.693. The third kappa shape index (κ3) is 3.63. The van der Waals surface area contributed by atoms with E-state index >= 15 is 0 Å². The second-order valence-electron chi connectivity index (χ2n) is 7.54. The molecular weight excluding hydrogens is 288 g/mol. The summed E-state index contributed by atoms with van der Waals surface area (Å²) in [4.78, 5) is 12.6. The van der Waals surface area contributed by atoms with E-state index in [-0.39, 0.29) is 11.4 Å². The van der Waals surface area contributed by atoms with Crippen molar-refractivity contribution in [3.8, 4) is 0 Å². The average Bonchev–Trinajstić information content (AvgIpc) is 2.73. The third-order valence-electron chi connectivity index (χ3n) is 3.80. The van der Waals surface area contributed by atoms with Crippen molar-refractivity contribution in [1.29, 1.82) is 0 Å². The van der Waals surface area contributed by atoms with Gasteiger partial charge in [0.05, 0.1) is 13.2 Å². The molecule has 4 nitrogen and oxygen atoms in total. The highest BCUT2D eigenvalue weighted by Crippen LogP contribution is 2.52.